The van der Waals surface area contributed by atoms with E-state index in [9.17, 15) is 4.79 Å². The van der Waals surface area contributed by atoms with E-state index in [-0.39, 0.29) is 12.1 Å². The number of esters is 1. The predicted molar refractivity (Wildman–Crippen MR) is 212 cm³/mol. The first kappa shape index (κ1) is 41.0. The van der Waals surface area contributed by atoms with Gasteiger partial charge in [-0.05, 0) is 110 Å². The minimum atomic E-state index is 0.0655. The highest BCUT2D eigenvalue weighted by atomic mass is 16.5. The van der Waals surface area contributed by atoms with Gasteiger partial charge in [0.25, 0.3) is 0 Å². The standard InChI is InChI=1S/C47H84O2/c1-8-10-11-12-13-14-15-16-17-18-19-20-21-22-23-24-45(48)49-40-31-33-46(6)39(35-40)27-28-41-43-30-29-42(47(43,7)34-32-44(41)46)37(5)25-26-38(9-2)36(3)4/h27,36-38,40-44H,8-26,28-35H2,1-7H3. The van der Waals surface area contributed by atoms with Gasteiger partial charge in [-0.15, -0.1) is 0 Å². The molecule has 4 aliphatic rings. The van der Waals surface area contributed by atoms with Gasteiger partial charge in [0.05, 0.1) is 0 Å². The number of allylic oxidation sites excluding steroid dienone is 1. The normalized spacial score (nSPS) is 32.2. The summed E-state index contributed by atoms with van der Waals surface area (Å²) in [7, 11) is 0. The second kappa shape index (κ2) is 20.5. The lowest BCUT2D eigenvalue weighted by molar-refractivity contribution is -0.151. The van der Waals surface area contributed by atoms with Crippen molar-refractivity contribution in [2.45, 2.75) is 228 Å². The average molecular weight is 681 g/mol. The highest BCUT2D eigenvalue weighted by molar-refractivity contribution is 5.69. The van der Waals surface area contributed by atoms with Crippen molar-refractivity contribution in [1.82, 2.24) is 0 Å². The average Bonchev–Trinajstić information content (AvgIpc) is 3.44. The Morgan fingerprint density at radius 3 is 1.96 bits per heavy atom. The first-order valence-electron chi connectivity index (χ1n) is 22.5. The van der Waals surface area contributed by atoms with Crippen LogP contribution in [0.4, 0.5) is 0 Å². The van der Waals surface area contributed by atoms with Crippen LogP contribution in [0.2, 0.25) is 0 Å². The Labute approximate surface area is 306 Å². The molecule has 9 unspecified atom stereocenters. The summed E-state index contributed by atoms with van der Waals surface area (Å²) in [6.45, 7) is 17.5. The van der Waals surface area contributed by atoms with Gasteiger partial charge >= 0.3 is 5.97 Å². The molecule has 0 aliphatic heterocycles. The zero-order valence-electron chi connectivity index (χ0n) is 34.1. The van der Waals surface area contributed by atoms with Crippen LogP contribution in [0.1, 0.15) is 222 Å². The Bertz CT molecular complexity index is 981. The smallest absolute Gasteiger partial charge is 0.306 e. The maximum absolute atomic E-state index is 12.9. The van der Waals surface area contributed by atoms with Crippen LogP contribution >= 0.6 is 0 Å². The Morgan fingerprint density at radius 2 is 1.37 bits per heavy atom. The molecule has 4 rings (SSSR count). The van der Waals surface area contributed by atoms with Gasteiger partial charge in [-0.3, -0.25) is 4.79 Å². The van der Waals surface area contributed by atoms with Crippen LogP contribution in [0, 0.1) is 52.3 Å². The van der Waals surface area contributed by atoms with Gasteiger partial charge in [-0.1, -0.05) is 163 Å². The van der Waals surface area contributed by atoms with E-state index in [0.717, 1.165) is 60.7 Å². The van der Waals surface area contributed by atoms with Crippen molar-refractivity contribution in [3.05, 3.63) is 11.6 Å². The third-order valence-electron chi connectivity index (χ3n) is 15.6. The number of carbonyl (C=O) groups is 1. The maximum Gasteiger partial charge on any atom is 0.306 e. The molecule has 3 fully saturated rings. The maximum atomic E-state index is 12.9. The second-order valence-corrected chi connectivity index (χ2v) is 19.0. The Hall–Kier alpha value is -0.790. The number of ether oxygens (including phenoxy) is 1. The van der Waals surface area contributed by atoms with Gasteiger partial charge in [-0.2, -0.15) is 0 Å². The third-order valence-corrected chi connectivity index (χ3v) is 15.6. The van der Waals surface area contributed by atoms with E-state index in [2.05, 4.69) is 54.5 Å². The number of carbonyl (C=O) groups excluding carboxylic acids is 1. The van der Waals surface area contributed by atoms with Crippen LogP contribution in [0.25, 0.3) is 0 Å². The molecule has 0 aromatic heterocycles. The molecule has 0 bridgehead atoms. The van der Waals surface area contributed by atoms with Gasteiger partial charge in [0.15, 0.2) is 0 Å². The molecule has 0 spiro atoms. The number of rotatable bonds is 23. The second-order valence-electron chi connectivity index (χ2n) is 19.0. The molecule has 4 aliphatic carbocycles. The molecule has 0 N–H and O–H groups in total. The number of hydrogen-bond donors (Lipinski definition) is 0. The molecule has 0 radical (unpaired) electrons. The van der Waals surface area contributed by atoms with Crippen LogP contribution in [0.3, 0.4) is 0 Å². The van der Waals surface area contributed by atoms with Gasteiger partial charge in [0, 0.05) is 12.8 Å². The summed E-state index contributed by atoms with van der Waals surface area (Å²) >= 11 is 0. The minimum absolute atomic E-state index is 0.0655. The Kier molecular flexibility index (Phi) is 17.1. The van der Waals surface area contributed by atoms with E-state index in [1.165, 1.54) is 148 Å². The molecule has 0 heterocycles. The van der Waals surface area contributed by atoms with Crippen molar-refractivity contribution in [2.75, 3.05) is 0 Å². The van der Waals surface area contributed by atoms with Gasteiger partial charge in [0.2, 0.25) is 0 Å². The highest BCUT2D eigenvalue weighted by Gasteiger charge is 2.59. The molecular formula is C47H84O2. The molecule has 0 saturated heterocycles. The first-order valence-corrected chi connectivity index (χ1v) is 22.5. The summed E-state index contributed by atoms with van der Waals surface area (Å²) in [6, 6.07) is 0. The SMILES string of the molecule is CCCCCCCCCCCCCCCCCC(=O)OC1CCC2(C)C(=CCC3C2CCC2(C)C(C(C)CCC(CC)C(C)C)CCC32)C1. The third kappa shape index (κ3) is 11.1. The quantitative estimate of drug-likeness (QED) is 0.0610. The highest BCUT2D eigenvalue weighted by Crippen LogP contribution is 2.67. The van der Waals surface area contributed by atoms with Gasteiger partial charge < -0.3 is 4.74 Å². The van der Waals surface area contributed by atoms with Crippen molar-refractivity contribution in [1.29, 1.82) is 0 Å². The lowest BCUT2D eigenvalue weighted by atomic mass is 9.47. The van der Waals surface area contributed by atoms with E-state index < -0.39 is 0 Å². The molecule has 284 valence electrons. The van der Waals surface area contributed by atoms with Crippen LogP contribution in [0.5, 0.6) is 0 Å². The fraction of sp³-hybridized carbons (Fsp3) is 0.936. The van der Waals surface area contributed by atoms with Crippen molar-refractivity contribution in [2.24, 2.45) is 52.3 Å². The van der Waals surface area contributed by atoms with Gasteiger partial charge in [-0.25, -0.2) is 0 Å². The lowest BCUT2D eigenvalue weighted by Gasteiger charge is -2.58. The predicted octanol–water partition coefficient (Wildman–Crippen LogP) is 14.8. The van der Waals surface area contributed by atoms with Crippen molar-refractivity contribution < 1.29 is 9.53 Å². The molecule has 0 aromatic rings. The molecule has 0 amide bonds. The molecule has 0 aromatic carbocycles. The monoisotopic (exact) mass is 681 g/mol. The topological polar surface area (TPSA) is 26.3 Å². The summed E-state index contributed by atoms with van der Waals surface area (Å²) < 4.78 is 6.15. The van der Waals surface area contributed by atoms with Crippen LogP contribution in [-0.4, -0.2) is 12.1 Å². The van der Waals surface area contributed by atoms with E-state index >= 15 is 0 Å². The van der Waals surface area contributed by atoms with Gasteiger partial charge in [0.1, 0.15) is 6.10 Å². The van der Waals surface area contributed by atoms with Crippen LogP contribution in [-0.2, 0) is 9.53 Å². The van der Waals surface area contributed by atoms with E-state index in [4.69, 9.17) is 4.74 Å². The van der Waals surface area contributed by atoms with E-state index in [0.29, 0.717) is 17.3 Å². The minimum Gasteiger partial charge on any atom is -0.462 e. The van der Waals surface area contributed by atoms with E-state index in [1.807, 2.05) is 0 Å². The molecule has 9 atom stereocenters. The number of fused-ring (bicyclic) bond motifs is 5. The Morgan fingerprint density at radius 1 is 0.755 bits per heavy atom. The molecular weight excluding hydrogens is 597 g/mol. The van der Waals surface area contributed by atoms with Crippen molar-refractivity contribution >= 4 is 5.97 Å². The fourth-order valence-electron chi connectivity index (χ4n) is 12.3. The summed E-state index contributed by atoms with van der Waals surface area (Å²) in [5.41, 5.74) is 2.52. The molecule has 49 heavy (non-hydrogen) atoms. The molecule has 3 saturated carbocycles. The Balaban J connectivity index is 1.12. The van der Waals surface area contributed by atoms with Crippen molar-refractivity contribution in [3.63, 3.8) is 0 Å². The first-order chi connectivity index (χ1) is 23.6. The van der Waals surface area contributed by atoms with Crippen LogP contribution in [0.15, 0.2) is 11.6 Å². The van der Waals surface area contributed by atoms with Crippen molar-refractivity contribution in [3.8, 4) is 0 Å². The summed E-state index contributed by atoms with van der Waals surface area (Å²) in [6.07, 6.45) is 38.3. The summed E-state index contributed by atoms with van der Waals surface area (Å²) in [5, 5.41) is 0. The van der Waals surface area contributed by atoms with E-state index in [1.54, 1.807) is 5.57 Å². The summed E-state index contributed by atoms with van der Waals surface area (Å²) in [4.78, 5) is 12.9. The zero-order valence-corrected chi connectivity index (χ0v) is 34.1. The number of hydrogen-bond acceptors (Lipinski definition) is 2. The molecule has 2 heteroatoms. The van der Waals surface area contributed by atoms with Crippen LogP contribution < -0.4 is 0 Å². The summed E-state index contributed by atoms with van der Waals surface area (Å²) in [5.74, 6) is 6.18. The number of unbranched alkanes of at least 4 members (excludes halogenated alkanes) is 14. The zero-order chi connectivity index (χ0) is 35.3. The molecule has 2 nitrogen and oxygen atoms in total. The lowest BCUT2D eigenvalue weighted by Crippen LogP contribution is -2.51. The largest absolute Gasteiger partial charge is 0.462 e. The fourth-order valence-corrected chi connectivity index (χ4v) is 12.3.